The summed E-state index contributed by atoms with van der Waals surface area (Å²) in [5.74, 6) is -2.83. The van der Waals surface area contributed by atoms with Crippen LogP contribution in [-0.2, 0) is 4.74 Å². The first kappa shape index (κ1) is 12.8. The molecule has 4 heteroatoms. The SMILES string of the molecule is CC1(C)CCC2(C1)OCCNC2CC1CC1(F)F. The second kappa shape index (κ2) is 3.89. The highest BCUT2D eigenvalue weighted by molar-refractivity contribution is 5.08. The Bertz CT molecular complexity index is 345. The second-order valence-corrected chi connectivity index (χ2v) is 7.16. The van der Waals surface area contributed by atoms with Crippen molar-refractivity contribution in [1.29, 1.82) is 0 Å². The lowest BCUT2D eigenvalue weighted by molar-refractivity contribution is -0.102. The van der Waals surface area contributed by atoms with Crippen molar-refractivity contribution in [2.45, 2.75) is 63.5 Å². The van der Waals surface area contributed by atoms with Crippen molar-refractivity contribution in [1.82, 2.24) is 5.32 Å². The molecule has 0 aromatic heterocycles. The fourth-order valence-electron chi connectivity index (χ4n) is 3.84. The molecular formula is C14H23F2NO. The van der Waals surface area contributed by atoms with Crippen LogP contribution in [0.1, 0.15) is 46.0 Å². The molecule has 18 heavy (non-hydrogen) atoms. The number of nitrogens with one attached hydrogen (secondary N) is 1. The van der Waals surface area contributed by atoms with Crippen LogP contribution in [0.15, 0.2) is 0 Å². The molecule has 0 aromatic rings. The van der Waals surface area contributed by atoms with Gasteiger partial charge in [-0.15, -0.1) is 0 Å². The van der Waals surface area contributed by atoms with Crippen LogP contribution in [0.2, 0.25) is 0 Å². The number of halogens is 2. The summed E-state index contributed by atoms with van der Waals surface area (Å²) in [4.78, 5) is 0. The van der Waals surface area contributed by atoms with Crippen molar-refractivity contribution >= 4 is 0 Å². The fourth-order valence-corrected chi connectivity index (χ4v) is 3.84. The van der Waals surface area contributed by atoms with Crippen molar-refractivity contribution in [3.05, 3.63) is 0 Å². The van der Waals surface area contributed by atoms with E-state index in [1.165, 1.54) is 0 Å². The van der Waals surface area contributed by atoms with E-state index in [9.17, 15) is 8.78 Å². The summed E-state index contributed by atoms with van der Waals surface area (Å²) in [5.41, 5.74) is 0.101. The van der Waals surface area contributed by atoms with E-state index < -0.39 is 11.8 Å². The molecule has 3 aliphatic rings. The number of alkyl halides is 2. The van der Waals surface area contributed by atoms with Crippen LogP contribution in [-0.4, -0.2) is 30.7 Å². The quantitative estimate of drug-likeness (QED) is 0.823. The number of hydrogen-bond acceptors (Lipinski definition) is 2. The number of hydrogen-bond donors (Lipinski definition) is 1. The summed E-state index contributed by atoms with van der Waals surface area (Å²) >= 11 is 0. The van der Waals surface area contributed by atoms with Crippen molar-refractivity contribution in [3.8, 4) is 0 Å². The van der Waals surface area contributed by atoms with E-state index in [1.807, 2.05) is 0 Å². The van der Waals surface area contributed by atoms with Gasteiger partial charge in [-0.1, -0.05) is 13.8 Å². The smallest absolute Gasteiger partial charge is 0.251 e. The van der Waals surface area contributed by atoms with E-state index in [-0.39, 0.29) is 23.5 Å². The summed E-state index contributed by atoms with van der Waals surface area (Å²) < 4.78 is 32.3. The van der Waals surface area contributed by atoms with Crippen LogP contribution in [0.4, 0.5) is 8.78 Å². The van der Waals surface area contributed by atoms with Gasteiger partial charge >= 0.3 is 0 Å². The van der Waals surface area contributed by atoms with E-state index >= 15 is 0 Å². The zero-order chi connectivity index (χ0) is 13.0. The van der Waals surface area contributed by atoms with Crippen LogP contribution in [0.3, 0.4) is 0 Å². The number of ether oxygens (including phenoxy) is 1. The molecule has 3 atom stereocenters. The van der Waals surface area contributed by atoms with Crippen LogP contribution in [0.25, 0.3) is 0 Å². The number of morpholine rings is 1. The van der Waals surface area contributed by atoms with E-state index in [1.54, 1.807) is 0 Å². The minimum Gasteiger partial charge on any atom is -0.372 e. The maximum atomic E-state index is 13.1. The largest absolute Gasteiger partial charge is 0.372 e. The maximum Gasteiger partial charge on any atom is 0.251 e. The predicted octanol–water partition coefficient (Wildman–Crippen LogP) is 2.97. The standard InChI is InChI=1S/C14H23F2NO/c1-12(2)3-4-13(9-12)11(17-5-6-18-13)7-10-8-14(10,15)16/h10-11,17H,3-9H2,1-2H3. The van der Waals surface area contributed by atoms with E-state index in [4.69, 9.17) is 4.74 Å². The van der Waals surface area contributed by atoms with Gasteiger partial charge in [0, 0.05) is 24.9 Å². The Morgan fingerprint density at radius 2 is 2.00 bits per heavy atom. The van der Waals surface area contributed by atoms with Gasteiger partial charge in [-0.05, 0) is 31.1 Å². The van der Waals surface area contributed by atoms with Gasteiger partial charge < -0.3 is 10.1 Å². The van der Waals surface area contributed by atoms with Crippen molar-refractivity contribution in [3.63, 3.8) is 0 Å². The molecule has 0 amide bonds. The minimum absolute atomic E-state index is 0.0741. The Morgan fingerprint density at radius 3 is 2.56 bits per heavy atom. The summed E-state index contributed by atoms with van der Waals surface area (Å²) in [7, 11) is 0. The third kappa shape index (κ3) is 2.18. The molecule has 0 bridgehead atoms. The number of rotatable bonds is 2. The Kier molecular flexibility index (Phi) is 2.76. The molecule has 1 saturated heterocycles. The average Bonchev–Trinajstić information content (AvgIpc) is 2.73. The molecule has 2 saturated carbocycles. The third-order valence-corrected chi connectivity index (χ3v) is 5.00. The van der Waals surface area contributed by atoms with Gasteiger partial charge in [-0.3, -0.25) is 0 Å². The predicted molar refractivity (Wildman–Crippen MR) is 65.8 cm³/mol. The summed E-state index contributed by atoms with van der Waals surface area (Å²) in [6, 6.07) is 0.117. The maximum absolute atomic E-state index is 13.1. The molecular weight excluding hydrogens is 236 g/mol. The summed E-state index contributed by atoms with van der Waals surface area (Å²) in [6.45, 7) is 6.02. The van der Waals surface area contributed by atoms with Gasteiger partial charge in [0.25, 0.3) is 5.92 Å². The molecule has 3 rings (SSSR count). The molecule has 3 unspecified atom stereocenters. The molecule has 104 valence electrons. The first-order valence-electron chi connectivity index (χ1n) is 7.08. The normalized spacial score (nSPS) is 45.3. The zero-order valence-corrected chi connectivity index (χ0v) is 11.3. The summed E-state index contributed by atoms with van der Waals surface area (Å²) in [6.07, 6.45) is 3.78. The van der Waals surface area contributed by atoms with Crippen molar-refractivity contribution in [2.75, 3.05) is 13.2 Å². The minimum atomic E-state index is -2.41. The molecule has 2 nitrogen and oxygen atoms in total. The van der Waals surface area contributed by atoms with Crippen molar-refractivity contribution < 1.29 is 13.5 Å². The van der Waals surface area contributed by atoms with Gasteiger partial charge in [-0.25, -0.2) is 8.78 Å². The lowest BCUT2D eigenvalue weighted by Crippen LogP contribution is -2.57. The highest BCUT2D eigenvalue weighted by Gasteiger charge is 2.60. The zero-order valence-electron chi connectivity index (χ0n) is 11.3. The Labute approximate surface area is 107 Å². The van der Waals surface area contributed by atoms with Gasteiger partial charge in [-0.2, -0.15) is 0 Å². The fraction of sp³-hybridized carbons (Fsp3) is 1.00. The van der Waals surface area contributed by atoms with Gasteiger partial charge in [0.15, 0.2) is 0 Å². The van der Waals surface area contributed by atoms with Gasteiger partial charge in [0.2, 0.25) is 0 Å². The molecule has 1 aliphatic heterocycles. The molecule has 0 radical (unpaired) electrons. The Morgan fingerprint density at radius 1 is 1.28 bits per heavy atom. The first-order valence-corrected chi connectivity index (χ1v) is 7.08. The third-order valence-electron chi connectivity index (χ3n) is 5.00. The van der Waals surface area contributed by atoms with Crippen LogP contribution < -0.4 is 5.32 Å². The van der Waals surface area contributed by atoms with E-state index in [0.717, 1.165) is 25.8 Å². The van der Waals surface area contributed by atoms with Gasteiger partial charge in [0.1, 0.15) is 0 Å². The first-order chi connectivity index (χ1) is 8.33. The monoisotopic (exact) mass is 259 g/mol. The van der Waals surface area contributed by atoms with Crippen molar-refractivity contribution in [2.24, 2.45) is 11.3 Å². The summed E-state index contributed by atoms with van der Waals surface area (Å²) in [5, 5.41) is 3.44. The van der Waals surface area contributed by atoms with Gasteiger partial charge in [0.05, 0.1) is 12.2 Å². The molecule has 2 aliphatic carbocycles. The van der Waals surface area contributed by atoms with E-state index in [0.29, 0.717) is 13.0 Å². The lowest BCUT2D eigenvalue weighted by Gasteiger charge is -2.43. The molecule has 1 N–H and O–H groups in total. The second-order valence-electron chi connectivity index (χ2n) is 7.16. The molecule has 0 aromatic carbocycles. The molecule has 1 heterocycles. The lowest BCUT2D eigenvalue weighted by atomic mass is 9.83. The van der Waals surface area contributed by atoms with Crippen LogP contribution in [0, 0.1) is 11.3 Å². The highest BCUT2D eigenvalue weighted by atomic mass is 19.3. The topological polar surface area (TPSA) is 21.3 Å². The molecule has 3 fully saturated rings. The van der Waals surface area contributed by atoms with Crippen LogP contribution >= 0.6 is 0 Å². The Balaban J connectivity index is 1.71. The Hall–Kier alpha value is -0.220. The van der Waals surface area contributed by atoms with Crippen LogP contribution in [0.5, 0.6) is 0 Å². The molecule has 1 spiro atoms. The highest BCUT2D eigenvalue weighted by Crippen LogP contribution is 2.55. The average molecular weight is 259 g/mol. The van der Waals surface area contributed by atoms with E-state index in [2.05, 4.69) is 19.2 Å².